The summed E-state index contributed by atoms with van der Waals surface area (Å²) in [4.78, 5) is 56.1. The zero-order valence-electron chi connectivity index (χ0n) is 27.5. The Balaban J connectivity index is 1.27. The van der Waals surface area contributed by atoms with E-state index < -0.39 is 42.4 Å². The largest absolute Gasteiger partial charge is 0.394 e. The fourth-order valence-corrected chi connectivity index (χ4v) is 10.9. The van der Waals surface area contributed by atoms with E-state index in [1.165, 1.54) is 40.9 Å². The first-order valence-electron chi connectivity index (χ1n) is 16.5. The number of anilines is 1. The lowest BCUT2D eigenvalue weighted by molar-refractivity contribution is -0.385. The molecule has 256 valence electrons. The molecule has 1 aromatic heterocycles. The Hall–Kier alpha value is -4.66. The van der Waals surface area contributed by atoms with E-state index in [1.54, 1.807) is 42.2 Å². The molecule has 0 saturated carbocycles. The van der Waals surface area contributed by atoms with Crippen molar-refractivity contribution in [2.45, 2.75) is 69.1 Å². The van der Waals surface area contributed by atoms with Crippen molar-refractivity contribution in [2.24, 2.45) is 5.92 Å². The van der Waals surface area contributed by atoms with Gasteiger partial charge in [-0.3, -0.25) is 29.6 Å². The fraction of sp³-hybridized carbons (Fsp3) is 0.400. The molecule has 0 unspecified atom stereocenters. The average Bonchev–Trinajstić information content (AvgIpc) is 3.81. The van der Waals surface area contributed by atoms with Crippen LogP contribution < -0.4 is 10.5 Å². The van der Waals surface area contributed by atoms with Crippen LogP contribution in [0.15, 0.2) is 71.5 Å². The molecule has 3 aromatic carbocycles. The highest BCUT2D eigenvalue weighted by Gasteiger charge is 2.67. The number of amides is 2. The number of hydrogen-bond donors (Lipinski definition) is 2. The number of H-pyrrole nitrogens is 1. The Morgan fingerprint density at radius 3 is 2.63 bits per heavy atom. The van der Waals surface area contributed by atoms with Gasteiger partial charge >= 0.3 is 0 Å². The predicted molar refractivity (Wildman–Crippen MR) is 183 cm³/mol. The van der Waals surface area contributed by atoms with Crippen LogP contribution in [-0.4, -0.2) is 70.2 Å². The third kappa shape index (κ3) is 5.29. The second-order valence-corrected chi connectivity index (χ2v) is 17.7. The van der Waals surface area contributed by atoms with Gasteiger partial charge < -0.3 is 23.8 Å². The number of carbonyl (C=O) groups excluding carboxylic acids is 2. The molecule has 2 N–H and O–H groups in total. The van der Waals surface area contributed by atoms with Crippen molar-refractivity contribution in [3.8, 4) is 5.69 Å². The summed E-state index contributed by atoms with van der Waals surface area (Å²) in [7, 11) is -3.61. The summed E-state index contributed by atoms with van der Waals surface area (Å²) in [5.74, 6) is -1.52. The zero-order valence-corrected chi connectivity index (χ0v) is 28.5. The van der Waals surface area contributed by atoms with Gasteiger partial charge in [0.05, 0.1) is 58.9 Å². The molecule has 7 rings (SSSR count). The van der Waals surface area contributed by atoms with Gasteiger partial charge in [0.2, 0.25) is 14.3 Å². The first-order valence-corrected chi connectivity index (χ1v) is 19.5. The number of aromatic amines is 1. The maximum absolute atomic E-state index is 16.3. The van der Waals surface area contributed by atoms with Crippen molar-refractivity contribution in [2.75, 3.05) is 18.1 Å². The maximum atomic E-state index is 16.3. The number of aliphatic hydroxyl groups is 1. The predicted octanol–water partition coefficient (Wildman–Crippen LogP) is 4.92. The minimum atomic E-state index is -3.61. The van der Waals surface area contributed by atoms with Gasteiger partial charge in [0.1, 0.15) is 0 Å². The number of nitro benzene ring substituents is 1. The lowest BCUT2D eigenvalue weighted by atomic mass is 9.82. The van der Waals surface area contributed by atoms with Gasteiger partial charge in [-0.1, -0.05) is 31.2 Å². The minimum absolute atomic E-state index is 0.0426. The first kappa shape index (κ1) is 32.9. The number of non-ortho nitro benzene ring substituents is 1. The van der Waals surface area contributed by atoms with Crippen molar-refractivity contribution >= 4 is 42.5 Å². The Morgan fingerprint density at radius 2 is 1.92 bits per heavy atom. The minimum Gasteiger partial charge on any atom is -0.394 e. The number of likely N-dealkylation sites (tertiary alicyclic amines) is 1. The highest BCUT2D eigenvalue weighted by atomic mass is 28.4. The van der Waals surface area contributed by atoms with Gasteiger partial charge in [0.15, 0.2) is 5.60 Å². The number of nitro groups is 1. The topological polar surface area (TPSA) is 151 Å². The van der Waals surface area contributed by atoms with Crippen molar-refractivity contribution in [1.82, 2.24) is 14.7 Å². The van der Waals surface area contributed by atoms with E-state index in [9.17, 15) is 29.6 Å². The molecule has 3 aliphatic rings. The molecule has 4 aromatic rings. The second-order valence-electron chi connectivity index (χ2n) is 13.9. The summed E-state index contributed by atoms with van der Waals surface area (Å²) in [5, 5.41) is 25.4. The zero-order chi connectivity index (χ0) is 34.8. The van der Waals surface area contributed by atoms with Crippen molar-refractivity contribution < 1.29 is 28.5 Å². The number of hydrogen-bond acceptors (Lipinski definition) is 7. The number of aromatic nitrogens is 2. The van der Waals surface area contributed by atoms with E-state index in [1.807, 2.05) is 18.2 Å². The molecule has 49 heavy (non-hydrogen) atoms. The van der Waals surface area contributed by atoms with Gasteiger partial charge in [0.25, 0.3) is 17.2 Å². The van der Waals surface area contributed by atoms with Crippen LogP contribution in [0.4, 0.5) is 15.5 Å². The van der Waals surface area contributed by atoms with Crippen LogP contribution in [0.5, 0.6) is 0 Å². The van der Waals surface area contributed by atoms with Gasteiger partial charge in [-0.25, -0.2) is 4.68 Å². The third-order valence-corrected chi connectivity index (χ3v) is 13.0. The van der Waals surface area contributed by atoms with Crippen LogP contribution in [0, 0.1) is 16.0 Å². The maximum Gasteiger partial charge on any atom is 0.279 e. The van der Waals surface area contributed by atoms with Crippen LogP contribution in [0.25, 0.3) is 16.6 Å². The molecule has 12 nitrogen and oxygen atoms in total. The summed E-state index contributed by atoms with van der Waals surface area (Å²) < 4.78 is 24.4. The molecule has 2 fully saturated rings. The van der Waals surface area contributed by atoms with E-state index in [0.29, 0.717) is 40.8 Å². The number of benzene rings is 3. The van der Waals surface area contributed by atoms with Crippen LogP contribution in [0.2, 0.25) is 18.6 Å². The van der Waals surface area contributed by atoms with Gasteiger partial charge in [-0.15, -0.1) is 0 Å². The molecular formula is C35H38FN5O7Si. The van der Waals surface area contributed by atoms with Crippen LogP contribution in [-0.2, 0) is 26.5 Å². The van der Waals surface area contributed by atoms with Crippen LogP contribution >= 0.6 is 0 Å². The van der Waals surface area contributed by atoms with Gasteiger partial charge in [-0.2, -0.15) is 0 Å². The number of aliphatic hydroxyl groups excluding tert-OH is 1. The number of nitrogens with one attached hydrogen (secondary N) is 1. The molecule has 4 heterocycles. The van der Waals surface area contributed by atoms with E-state index in [2.05, 4.69) is 5.10 Å². The fourth-order valence-electron chi connectivity index (χ4n) is 8.37. The van der Waals surface area contributed by atoms with E-state index in [-0.39, 0.29) is 48.3 Å². The molecule has 5 atom stereocenters. The van der Waals surface area contributed by atoms with E-state index >= 15 is 4.11 Å². The molecule has 0 aliphatic carbocycles. The molecule has 0 radical (unpaired) electrons. The first-order chi connectivity index (χ1) is 23.3. The van der Waals surface area contributed by atoms with Crippen molar-refractivity contribution in [3.05, 3.63) is 98.3 Å². The standard InChI is InChI=1S/C35H38FN5O7Si/c1-21-32(49(2,3)36)30(18-31(43)38-15-7-10-25(38)20-42)48-35(21)27-17-24(41(46)47)13-14-29(27)39(34(35)45)19-22-8-6-9-23(16-22)40-33(44)26-11-4-5-12-28(26)37-40/h4-6,8-9,11-14,16-17,21,25,30,32,37,42H,7,10,15,18-20H2,1-3H3/t21-,25-,30+,32-,35+/m0/s1. The summed E-state index contributed by atoms with van der Waals surface area (Å²) in [6, 6.07) is 18.2. The molecule has 0 bridgehead atoms. The molecule has 2 amide bonds. The Bertz CT molecular complexity index is 2040. The number of carbonyl (C=O) groups is 2. The average molecular weight is 688 g/mol. The number of fused-ring (bicyclic) bond motifs is 3. The number of para-hydroxylation sites is 1. The Morgan fingerprint density at radius 1 is 1.14 bits per heavy atom. The third-order valence-electron chi connectivity index (χ3n) is 10.5. The molecular weight excluding hydrogens is 649 g/mol. The van der Waals surface area contributed by atoms with Gasteiger partial charge in [-0.05, 0) is 61.8 Å². The summed E-state index contributed by atoms with van der Waals surface area (Å²) in [6.45, 7) is 5.14. The number of rotatable bonds is 8. The lowest BCUT2D eigenvalue weighted by Crippen LogP contribution is -2.45. The summed E-state index contributed by atoms with van der Waals surface area (Å²) in [5.41, 5.74) is -0.416. The quantitative estimate of drug-likeness (QED) is 0.116. The highest BCUT2D eigenvalue weighted by molar-refractivity contribution is 6.72. The van der Waals surface area contributed by atoms with Crippen LogP contribution in [0.3, 0.4) is 0 Å². The van der Waals surface area contributed by atoms with Crippen molar-refractivity contribution in [3.63, 3.8) is 0 Å². The number of halogens is 1. The summed E-state index contributed by atoms with van der Waals surface area (Å²) >= 11 is 0. The monoisotopic (exact) mass is 687 g/mol. The van der Waals surface area contributed by atoms with E-state index in [4.69, 9.17) is 4.74 Å². The lowest BCUT2D eigenvalue weighted by Gasteiger charge is -2.31. The molecule has 14 heteroatoms. The smallest absolute Gasteiger partial charge is 0.279 e. The Labute approximate surface area is 282 Å². The van der Waals surface area contributed by atoms with Crippen molar-refractivity contribution in [1.29, 1.82) is 0 Å². The molecule has 3 aliphatic heterocycles. The molecule has 1 spiro atoms. The molecule has 2 saturated heterocycles. The van der Waals surface area contributed by atoms with Gasteiger partial charge in [0, 0.05) is 35.7 Å². The summed E-state index contributed by atoms with van der Waals surface area (Å²) in [6.07, 6.45) is 0.284. The normalized spacial score (nSPS) is 25.1. The second kappa shape index (κ2) is 12.0. The van der Waals surface area contributed by atoms with Crippen LogP contribution in [0.1, 0.15) is 37.3 Å². The number of nitrogens with zero attached hydrogens (tertiary/aromatic N) is 4. The SMILES string of the molecule is C[C@H]1[C@H]([Si](C)(C)F)[C@@H](CC(=O)N2CCC[C@H]2CO)O[C@]12C(=O)N(Cc1cccc(-n3[nH]c4ccccc4c3=O)c1)c1ccc([N+](=O)[O-])cc12. The number of ether oxygens (including phenoxy) is 1. The highest BCUT2D eigenvalue weighted by Crippen LogP contribution is 2.60. The Kier molecular flexibility index (Phi) is 8.07. The van der Waals surface area contributed by atoms with E-state index in [0.717, 1.165) is 6.42 Å².